The highest BCUT2D eigenvalue weighted by molar-refractivity contribution is 6.04. The molecule has 0 saturated carbocycles. The summed E-state index contributed by atoms with van der Waals surface area (Å²) in [5.74, 6) is -5.95. The largest absolute Gasteiger partial charge is 0.496 e. The number of nitrogens with zero attached hydrogens (tertiary/aromatic N) is 3. The first kappa shape index (κ1) is 69.4. The number of aliphatic carboxylic acids is 1. The van der Waals surface area contributed by atoms with Crippen LogP contribution >= 0.6 is 0 Å². The molecule has 4 amide bonds. The third kappa shape index (κ3) is 22.4. The number of carboxylic acids is 1. The normalized spacial score (nSPS) is 12.1. The van der Waals surface area contributed by atoms with E-state index in [-0.39, 0.29) is 160 Å². The number of nitrogens with one attached hydrogen (secondary N) is 3. The van der Waals surface area contributed by atoms with Crippen molar-refractivity contribution in [2.24, 2.45) is 60.8 Å². The van der Waals surface area contributed by atoms with Gasteiger partial charge in [-0.2, -0.15) is 0 Å². The van der Waals surface area contributed by atoms with E-state index < -0.39 is 76.9 Å². The number of carbonyl (C=O) groups is 9. The van der Waals surface area contributed by atoms with E-state index in [0.717, 1.165) is 0 Å². The predicted molar refractivity (Wildman–Crippen MR) is 324 cm³/mol. The van der Waals surface area contributed by atoms with Gasteiger partial charge in [0.05, 0.1) is 74.9 Å². The third-order valence-corrected chi connectivity index (χ3v) is 13.6. The number of methoxy groups -OCH3 is 4. The van der Waals surface area contributed by atoms with Crippen molar-refractivity contribution < 1.29 is 67.2 Å². The van der Waals surface area contributed by atoms with Crippen molar-refractivity contribution in [1.82, 2.24) is 16.0 Å². The molecule has 0 bridgehead atoms. The molecule has 0 radical (unpaired) electrons. The van der Waals surface area contributed by atoms with Crippen LogP contribution in [0.2, 0.25) is 0 Å². The van der Waals surface area contributed by atoms with Crippen LogP contribution in [0.4, 0.5) is 0 Å². The molecule has 0 aromatic heterocycles. The zero-order chi connectivity index (χ0) is 64.3. The van der Waals surface area contributed by atoms with E-state index >= 15 is 0 Å². The van der Waals surface area contributed by atoms with Gasteiger partial charge in [-0.15, -0.1) is 0 Å². The van der Waals surface area contributed by atoms with E-state index in [1.54, 1.807) is 24.3 Å². The van der Waals surface area contributed by atoms with E-state index in [2.05, 4.69) is 30.9 Å². The number of amides is 4. The zero-order valence-corrected chi connectivity index (χ0v) is 49.1. The third-order valence-electron chi connectivity index (χ3n) is 13.6. The molecular weight excluding hydrogens is 1130 g/mol. The van der Waals surface area contributed by atoms with Crippen LogP contribution in [0, 0.1) is 0 Å². The van der Waals surface area contributed by atoms with Crippen molar-refractivity contribution in [3.63, 3.8) is 0 Å². The number of carbonyl (C=O) groups excluding carboxylic acids is 8. The van der Waals surface area contributed by atoms with Crippen LogP contribution in [0.3, 0.4) is 0 Å². The molecule has 4 aromatic carbocycles. The average molecular weight is 1210 g/mol. The molecule has 0 unspecified atom stereocenters. The Morgan fingerprint density at radius 2 is 0.701 bits per heavy atom. The Balaban J connectivity index is 1.61. The number of primary amides is 1. The lowest BCUT2D eigenvalue weighted by molar-refractivity contribution is -0.137. The number of Topliss-reactive ketones (excluding diaryl/α,β-unsaturated/α-hetero) is 4. The second kappa shape index (κ2) is 34.6. The standard InChI is InChI=1S/C59H78N14O14/c1-84-48-16-11-32(24-36(48)53(61)80)29-45(75)41(8-5-21-68-57(62)63)71-55(82)38-26-34(13-18-50(38)86-3)31-47(77)43(10-7-23-70-59(66)67)73-56(83)39-27-35(14-19-51(39)87-4)30-46(76)42(9-6-22-69-58(64)65)72-54(81)37-25-33(12-17-49(37)85-2)28-44(74)40(60)15-20-52(78)79/h11-14,16-19,24-27,40-43H,5-10,15,20-23,28-31,60H2,1-4H3,(H2,61,80)(H,71,82)(H,72,81)(H,73,83)(H,78,79)(H4,62,63,68)(H4,64,65,69)(H4,66,67,70)/t40-,41-,42-,43-/m0/s1. The van der Waals surface area contributed by atoms with E-state index in [1.165, 1.54) is 77.0 Å². The molecule has 87 heavy (non-hydrogen) atoms. The van der Waals surface area contributed by atoms with Crippen molar-refractivity contribution in [2.75, 3.05) is 48.1 Å². The second-order valence-corrected chi connectivity index (χ2v) is 20.0. The van der Waals surface area contributed by atoms with Crippen LogP contribution < -0.4 is 80.8 Å². The number of aliphatic imine (C=N–C) groups is 3. The number of nitrogens with two attached hydrogens (primary N) is 8. The van der Waals surface area contributed by atoms with Gasteiger partial charge in [-0.1, -0.05) is 24.3 Å². The van der Waals surface area contributed by atoms with Gasteiger partial charge in [-0.05, 0) is 116 Å². The summed E-state index contributed by atoms with van der Waals surface area (Å²) in [5, 5.41) is 17.4. The van der Waals surface area contributed by atoms with Gasteiger partial charge in [0.2, 0.25) is 0 Å². The second-order valence-electron chi connectivity index (χ2n) is 20.0. The van der Waals surface area contributed by atoms with E-state index in [0.29, 0.717) is 22.3 Å². The number of ether oxygens (including phenoxy) is 4. The summed E-state index contributed by atoms with van der Waals surface area (Å²) in [4.78, 5) is 133. The topological polar surface area (TPSA) is 492 Å². The van der Waals surface area contributed by atoms with Crippen LogP contribution in [0.1, 0.15) is 115 Å². The number of hydrogen-bond acceptors (Lipinski definition) is 17. The molecular formula is C59H78N14O14. The number of hydrogen-bond donors (Lipinski definition) is 12. The molecule has 468 valence electrons. The van der Waals surface area contributed by atoms with Gasteiger partial charge in [0.25, 0.3) is 23.6 Å². The molecule has 20 N–H and O–H groups in total. The van der Waals surface area contributed by atoms with Crippen LogP contribution in [0.15, 0.2) is 87.8 Å². The number of ketones is 4. The highest BCUT2D eigenvalue weighted by atomic mass is 16.5. The molecule has 0 spiro atoms. The number of rotatable bonds is 38. The Kier molecular flexibility index (Phi) is 27.6. The number of carboxylic acid groups (broad SMARTS) is 1. The minimum atomic E-state index is -1.19. The van der Waals surface area contributed by atoms with Gasteiger partial charge in [0.1, 0.15) is 23.0 Å². The molecule has 0 aliphatic rings. The van der Waals surface area contributed by atoms with Crippen molar-refractivity contribution in [1.29, 1.82) is 0 Å². The average Bonchev–Trinajstić information content (AvgIpc) is 1.57. The monoisotopic (exact) mass is 1210 g/mol. The molecule has 0 fully saturated rings. The molecule has 4 rings (SSSR count). The molecule has 28 nitrogen and oxygen atoms in total. The smallest absolute Gasteiger partial charge is 0.303 e. The lowest BCUT2D eigenvalue weighted by Crippen LogP contribution is -2.42. The van der Waals surface area contributed by atoms with Crippen molar-refractivity contribution in [3.05, 3.63) is 117 Å². The van der Waals surface area contributed by atoms with Crippen molar-refractivity contribution >= 4 is 70.6 Å². The summed E-state index contributed by atoms with van der Waals surface area (Å²) in [5.41, 5.74) is 46.2. The molecule has 0 heterocycles. The molecule has 0 aliphatic heterocycles. The first-order chi connectivity index (χ1) is 41.4. The fourth-order valence-corrected chi connectivity index (χ4v) is 9.09. The van der Waals surface area contributed by atoms with E-state index in [1.807, 2.05) is 0 Å². The van der Waals surface area contributed by atoms with Gasteiger partial charge in [-0.25, -0.2) is 0 Å². The first-order valence-electron chi connectivity index (χ1n) is 27.5. The summed E-state index contributed by atoms with van der Waals surface area (Å²) in [6.45, 7) is 0.351. The fourth-order valence-electron chi connectivity index (χ4n) is 9.09. The predicted octanol–water partition coefficient (Wildman–Crippen LogP) is 0.0150. The van der Waals surface area contributed by atoms with Gasteiger partial charge < -0.3 is 85.9 Å². The van der Waals surface area contributed by atoms with Crippen molar-refractivity contribution in [2.45, 2.75) is 101 Å². The summed E-state index contributed by atoms with van der Waals surface area (Å²) < 4.78 is 21.8. The quantitative estimate of drug-likeness (QED) is 0.0160. The maximum atomic E-state index is 14.4. The fraction of sp³-hybridized carbons (Fsp3) is 0.390. The van der Waals surface area contributed by atoms with Gasteiger partial charge in [0.15, 0.2) is 41.0 Å². The van der Waals surface area contributed by atoms with Crippen LogP contribution in [-0.4, -0.2) is 148 Å². The number of benzene rings is 4. The van der Waals surface area contributed by atoms with Gasteiger partial charge in [0, 0.05) is 51.7 Å². The Hall–Kier alpha value is -10.1. The van der Waals surface area contributed by atoms with Gasteiger partial charge >= 0.3 is 5.97 Å². The van der Waals surface area contributed by atoms with Crippen LogP contribution in [-0.2, 0) is 49.7 Å². The number of guanidine groups is 3. The molecule has 0 aliphatic carbocycles. The summed E-state index contributed by atoms with van der Waals surface area (Å²) in [6.07, 6.45) is -0.519. The Labute approximate surface area is 502 Å². The van der Waals surface area contributed by atoms with Crippen LogP contribution in [0.5, 0.6) is 23.0 Å². The molecule has 28 heteroatoms. The van der Waals surface area contributed by atoms with Crippen molar-refractivity contribution in [3.8, 4) is 23.0 Å². The highest BCUT2D eigenvalue weighted by Gasteiger charge is 2.29. The summed E-state index contributed by atoms with van der Waals surface area (Å²) in [6, 6.07) is 13.4. The Morgan fingerprint density at radius 3 is 0.966 bits per heavy atom. The Bertz CT molecular complexity index is 3230. The summed E-state index contributed by atoms with van der Waals surface area (Å²) >= 11 is 0. The summed E-state index contributed by atoms with van der Waals surface area (Å²) in [7, 11) is 5.37. The maximum Gasteiger partial charge on any atom is 0.303 e. The molecule has 0 saturated heterocycles. The molecule has 4 atom stereocenters. The van der Waals surface area contributed by atoms with Crippen LogP contribution in [0.25, 0.3) is 0 Å². The lowest BCUT2D eigenvalue weighted by Gasteiger charge is -2.21. The Morgan fingerprint density at radius 1 is 0.425 bits per heavy atom. The zero-order valence-electron chi connectivity index (χ0n) is 49.1. The first-order valence-corrected chi connectivity index (χ1v) is 27.5. The highest BCUT2D eigenvalue weighted by Crippen LogP contribution is 2.26. The maximum absolute atomic E-state index is 14.4. The lowest BCUT2D eigenvalue weighted by atomic mass is 9.96. The minimum absolute atomic E-state index is 0.0105. The van der Waals surface area contributed by atoms with E-state index in [9.17, 15) is 43.2 Å². The SMILES string of the molecule is COc1ccc(CC(=O)[C@H](CCCN=C(N)N)NC(=O)c2cc(CC(=O)[C@H](CCCN=C(N)N)NC(=O)c3cc(CC(=O)[C@H](CCCN=C(N)N)NC(=O)c4cc(CC(=O)[C@@H](N)CCC(=O)O)ccc4OC)ccc3OC)ccc2OC)cc1C(N)=O. The molecule has 4 aromatic rings. The van der Waals surface area contributed by atoms with E-state index in [4.69, 9.17) is 69.9 Å². The minimum Gasteiger partial charge on any atom is -0.496 e. The van der Waals surface area contributed by atoms with Gasteiger partial charge in [-0.3, -0.25) is 58.1 Å².